The van der Waals surface area contributed by atoms with E-state index in [4.69, 9.17) is 0 Å². The quantitative estimate of drug-likeness (QED) is 0.873. The van der Waals surface area contributed by atoms with E-state index in [0.29, 0.717) is 36.6 Å². The van der Waals surface area contributed by atoms with Gasteiger partial charge in [-0.3, -0.25) is 0 Å². The molecule has 2 heterocycles. The minimum absolute atomic E-state index is 0.424. The Morgan fingerprint density at radius 1 is 1.15 bits per heavy atom. The minimum Gasteiger partial charge on any atom is -0.393 e. The number of hydrogen-bond acceptors (Lipinski definition) is 3. The fourth-order valence-electron chi connectivity index (χ4n) is 2.33. The molecular weight excluding hydrogens is 271 g/mol. The molecule has 0 saturated carbocycles. The van der Waals surface area contributed by atoms with Crippen molar-refractivity contribution in [1.82, 2.24) is 14.8 Å². The molecule has 1 aromatic heterocycles. The molecule has 4 nitrogen and oxygen atoms in total. The van der Waals surface area contributed by atoms with E-state index < -0.39 is 17.8 Å². The lowest BCUT2D eigenvalue weighted by molar-refractivity contribution is -0.137. The van der Waals surface area contributed by atoms with Crippen LogP contribution in [0.3, 0.4) is 0 Å². The molecule has 1 aliphatic rings. The molecule has 106 valence electrons. The number of aliphatic hydroxyl groups excluding tert-OH is 1. The highest BCUT2D eigenvalue weighted by Gasteiger charge is 2.30. The molecule has 0 fully saturated rings. The molecule has 1 aromatic carbocycles. The van der Waals surface area contributed by atoms with Crippen LogP contribution in [0.5, 0.6) is 0 Å². The zero-order valence-corrected chi connectivity index (χ0v) is 10.4. The van der Waals surface area contributed by atoms with Gasteiger partial charge in [-0.25, -0.2) is 0 Å². The maximum absolute atomic E-state index is 12.5. The van der Waals surface area contributed by atoms with Crippen LogP contribution in [0.2, 0.25) is 0 Å². The number of nitrogens with zero attached hydrogens (tertiary/aromatic N) is 3. The maximum Gasteiger partial charge on any atom is 0.416 e. The van der Waals surface area contributed by atoms with Gasteiger partial charge in [-0.15, -0.1) is 10.2 Å². The normalized spacial score (nSPS) is 18.9. The van der Waals surface area contributed by atoms with Crippen molar-refractivity contribution < 1.29 is 18.3 Å². The van der Waals surface area contributed by atoms with Gasteiger partial charge in [0.2, 0.25) is 0 Å². The minimum atomic E-state index is -4.34. The Kier molecular flexibility index (Phi) is 3.01. The van der Waals surface area contributed by atoms with Crippen molar-refractivity contribution in [2.75, 3.05) is 0 Å². The van der Waals surface area contributed by atoms with Gasteiger partial charge >= 0.3 is 6.18 Å². The standard InChI is InChI=1S/C13H12F3N3O/c14-13(15,16)9-3-1-8(2-4-9)12-18-17-11-7-10(20)5-6-19(11)12/h1-4,10,20H,5-7H2. The van der Waals surface area contributed by atoms with Gasteiger partial charge in [-0.1, -0.05) is 12.1 Å². The third-order valence-corrected chi connectivity index (χ3v) is 3.40. The highest BCUT2D eigenvalue weighted by Crippen LogP contribution is 2.31. The van der Waals surface area contributed by atoms with Crippen molar-refractivity contribution in [3.05, 3.63) is 35.7 Å². The molecule has 7 heteroatoms. The number of aliphatic hydroxyl groups is 1. The summed E-state index contributed by atoms with van der Waals surface area (Å²) < 4.78 is 39.4. The van der Waals surface area contributed by atoms with Gasteiger partial charge < -0.3 is 9.67 Å². The highest BCUT2D eigenvalue weighted by atomic mass is 19.4. The summed E-state index contributed by atoms with van der Waals surface area (Å²) in [5, 5.41) is 17.6. The van der Waals surface area contributed by atoms with Crippen LogP contribution in [-0.2, 0) is 19.1 Å². The number of benzene rings is 1. The summed E-state index contributed by atoms with van der Waals surface area (Å²) in [6.45, 7) is 0.569. The molecule has 1 aliphatic heterocycles. The highest BCUT2D eigenvalue weighted by molar-refractivity contribution is 5.56. The molecule has 0 amide bonds. The Morgan fingerprint density at radius 3 is 2.50 bits per heavy atom. The molecule has 0 radical (unpaired) electrons. The first-order chi connectivity index (χ1) is 9.45. The van der Waals surface area contributed by atoms with Crippen LogP contribution in [-0.4, -0.2) is 26.0 Å². The Hall–Kier alpha value is -1.89. The molecule has 1 N–H and O–H groups in total. The molecule has 2 aromatic rings. The summed E-state index contributed by atoms with van der Waals surface area (Å²) in [7, 11) is 0. The van der Waals surface area contributed by atoms with Crippen molar-refractivity contribution in [2.24, 2.45) is 0 Å². The molecule has 20 heavy (non-hydrogen) atoms. The van der Waals surface area contributed by atoms with Crippen molar-refractivity contribution in [3.8, 4) is 11.4 Å². The zero-order chi connectivity index (χ0) is 14.3. The van der Waals surface area contributed by atoms with Crippen molar-refractivity contribution in [3.63, 3.8) is 0 Å². The average Bonchev–Trinajstić information content (AvgIpc) is 2.80. The van der Waals surface area contributed by atoms with Gasteiger partial charge in [-0.05, 0) is 18.6 Å². The van der Waals surface area contributed by atoms with E-state index in [1.807, 2.05) is 4.57 Å². The fraction of sp³-hybridized carbons (Fsp3) is 0.385. The number of alkyl halides is 3. The van der Waals surface area contributed by atoms with Crippen LogP contribution in [0.25, 0.3) is 11.4 Å². The maximum atomic E-state index is 12.5. The van der Waals surface area contributed by atoms with Crippen molar-refractivity contribution >= 4 is 0 Å². The Morgan fingerprint density at radius 2 is 1.85 bits per heavy atom. The van der Waals surface area contributed by atoms with E-state index in [-0.39, 0.29) is 0 Å². The summed E-state index contributed by atoms with van der Waals surface area (Å²) in [5.74, 6) is 1.21. The second kappa shape index (κ2) is 4.59. The molecule has 0 bridgehead atoms. The predicted octanol–water partition coefficient (Wildman–Crippen LogP) is 2.27. The molecule has 3 rings (SSSR count). The largest absolute Gasteiger partial charge is 0.416 e. The number of halogens is 3. The van der Waals surface area contributed by atoms with Crippen LogP contribution < -0.4 is 0 Å². The number of fused-ring (bicyclic) bond motifs is 1. The second-order valence-corrected chi connectivity index (χ2v) is 4.81. The van der Waals surface area contributed by atoms with E-state index >= 15 is 0 Å². The van der Waals surface area contributed by atoms with Gasteiger partial charge in [0, 0.05) is 18.5 Å². The van der Waals surface area contributed by atoms with Crippen LogP contribution in [0.4, 0.5) is 13.2 Å². The monoisotopic (exact) mass is 283 g/mol. The average molecular weight is 283 g/mol. The van der Waals surface area contributed by atoms with Gasteiger partial charge in [0.25, 0.3) is 0 Å². The SMILES string of the molecule is OC1CCn2c(nnc2-c2ccc(C(F)(F)F)cc2)C1. The molecule has 0 aliphatic carbocycles. The van der Waals surface area contributed by atoms with Crippen molar-refractivity contribution in [1.29, 1.82) is 0 Å². The summed E-state index contributed by atoms with van der Waals surface area (Å²) >= 11 is 0. The number of aromatic nitrogens is 3. The first kappa shape index (κ1) is 13.1. The lowest BCUT2D eigenvalue weighted by Gasteiger charge is -2.19. The Labute approximate surface area is 112 Å². The molecule has 1 atom stereocenters. The lowest BCUT2D eigenvalue weighted by Crippen LogP contribution is -2.23. The molecule has 1 unspecified atom stereocenters. The first-order valence-corrected chi connectivity index (χ1v) is 6.23. The van der Waals surface area contributed by atoms with Crippen LogP contribution in [0, 0.1) is 0 Å². The molecular formula is C13H12F3N3O. The predicted molar refractivity (Wildman–Crippen MR) is 64.8 cm³/mol. The molecule has 0 spiro atoms. The van der Waals surface area contributed by atoms with E-state index in [1.54, 1.807) is 0 Å². The summed E-state index contributed by atoms with van der Waals surface area (Å²) in [6.07, 6.45) is -3.74. The van der Waals surface area contributed by atoms with Gasteiger partial charge in [0.05, 0.1) is 11.7 Å². The first-order valence-electron chi connectivity index (χ1n) is 6.23. The van der Waals surface area contributed by atoms with Gasteiger partial charge in [0.15, 0.2) is 5.82 Å². The van der Waals surface area contributed by atoms with Gasteiger partial charge in [-0.2, -0.15) is 13.2 Å². The van der Waals surface area contributed by atoms with Crippen LogP contribution >= 0.6 is 0 Å². The van der Waals surface area contributed by atoms with Crippen LogP contribution in [0.1, 0.15) is 17.8 Å². The third-order valence-electron chi connectivity index (χ3n) is 3.40. The lowest BCUT2D eigenvalue weighted by atomic mass is 10.1. The number of hydrogen-bond donors (Lipinski definition) is 1. The second-order valence-electron chi connectivity index (χ2n) is 4.81. The smallest absolute Gasteiger partial charge is 0.393 e. The summed E-state index contributed by atoms with van der Waals surface area (Å²) in [4.78, 5) is 0. The summed E-state index contributed by atoms with van der Waals surface area (Å²) in [6, 6.07) is 4.86. The fourth-order valence-corrected chi connectivity index (χ4v) is 2.33. The van der Waals surface area contributed by atoms with Crippen molar-refractivity contribution in [2.45, 2.75) is 31.7 Å². The van der Waals surface area contributed by atoms with E-state index in [1.165, 1.54) is 12.1 Å². The molecule has 0 saturated heterocycles. The third kappa shape index (κ3) is 2.29. The Bertz CT molecular complexity index is 619. The Balaban J connectivity index is 1.94. The van der Waals surface area contributed by atoms with E-state index in [2.05, 4.69) is 10.2 Å². The number of rotatable bonds is 1. The topological polar surface area (TPSA) is 50.9 Å². The van der Waals surface area contributed by atoms with Crippen LogP contribution in [0.15, 0.2) is 24.3 Å². The summed E-state index contributed by atoms with van der Waals surface area (Å²) in [5.41, 5.74) is -0.0943. The van der Waals surface area contributed by atoms with E-state index in [0.717, 1.165) is 12.1 Å². The van der Waals surface area contributed by atoms with E-state index in [9.17, 15) is 18.3 Å². The van der Waals surface area contributed by atoms with Gasteiger partial charge in [0.1, 0.15) is 5.82 Å². The zero-order valence-electron chi connectivity index (χ0n) is 10.4.